The largest absolute Gasteiger partial charge is 0.309 e. The van der Waals surface area contributed by atoms with E-state index in [1.807, 2.05) is 0 Å². The van der Waals surface area contributed by atoms with Gasteiger partial charge in [-0.25, -0.2) is 4.99 Å². The van der Waals surface area contributed by atoms with Crippen molar-refractivity contribution >= 4 is 60.2 Å². The number of hydrazine groups is 1. The number of para-hydroxylation sites is 2. The van der Waals surface area contributed by atoms with Crippen LogP contribution in [0.25, 0.3) is 60.1 Å². The highest BCUT2D eigenvalue weighted by molar-refractivity contribution is 6.25. The minimum absolute atomic E-state index is 0.0842. The number of benzene rings is 7. The summed E-state index contributed by atoms with van der Waals surface area (Å²) in [6.45, 7) is 2.27. The van der Waals surface area contributed by atoms with E-state index in [-0.39, 0.29) is 6.17 Å². The van der Waals surface area contributed by atoms with Gasteiger partial charge in [-0.2, -0.15) is 0 Å². The standard InChI is InChI=1S/C44H31N5/c1-44(45-42(30-16-5-2-6-17-30)48-43(49(44)48)31-18-7-3-8-19-31)47-37-24-14-13-23-34(37)35-27-36-39(28-40(35)47)46(32-20-9-4-10-21-32)38-26-25-29-15-11-12-22-33(29)41(36)38/h2-28,43H,1H3. The average Bonchev–Trinajstić information content (AvgIpc) is 3.57. The van der Waals surface area contributed by atoms with Crippen LogP contribution in [0.15, 0.2) is 169 Å². The molecule has 1 fully saturated rings. The summed E-state index contributed by atoms with van der Waals surface area (Å²) < 4.78 is 4.92. The van der Waals surface area contributed by atoms with Gasteiger partial charge in [-0.15, -0.1) is 5.01 Å². The van der Waals surface area contributed by atoms with Crippen LogP contribution in [0.1, 0.15) is 24.2 Å². The van der Waals surface area contributed by atoms with Crippen molar-refractivity contribution in [2.75, 3.05) is 0 Å². The first-order chi connectivity index (χ1) is 24.2. The van der Waals surface area contributed by atoms with Crippen molar-refractivity contribution in [2.45, 2.75) is 18.9 Å². The maximum Gasteiger partial charge on any atom is 0.212 e. The van der Waals surface area contributed by atoms with Gasteiger partial charge in [0.05, 0.1) is 22.1 Å². The Morgan fingerprint density at radius 3 is 2.00 bits per heavy atom. The predicted octanol–water partition coefficient (Wildman–Crippen LogP) is 10.4. The fourth-order valence-corrected chi connectivity index (χ4v) is 8.53. The van der Waals surface area contributed by atoms with Gasteiger partial charge in [0.25, 0.3) is 0 Å². The molecule has 7 aromatic carbocycles. The van der Waals surface area contributed by atoms with Gasteiger partial charge in [0.15, 0.2) is 5.84 Å². The van der Waals surface area contributed by atoms with Gasteiger partial charge in [-0.05, 0) is 59.7 Å². The Kier molecular flexibility index (Phi) is 5.31. The highest BCUT2D eigenvalue weighted by atomic mass is 16.0. The van der Waals surface area contributed by atoms with Gasteiger partial charge < -0.3 is 9.13 Å². The Balaban J connectivity index is 1.26. The van der Waals surface area contributed by atoms with Crippen LogP contribution < -0.4 is 0 Å². The van der Waals surface area contributed by atoms with Crippen molar-refractivity contribution in [3.05, 3.63) is 175 Å². The molecule has 0 aliphatic carbocycles. The van der Waals surface area contributed by atoms with Crippen molar-refractivity contribution in [2.24, 2.45) is 4.99 Å². The highest BCUT2D eigenvalue weighted by Crippen LogP contribution is 2.57. The zero-order valence-corrected chi connectivity index (χ0v) is 26.9. The molecule has 0 spiro atoms. The number of nitrogens with zero attached hydrogens (tertiary/aromatic N) is 5. The molecule has 0 radical (unpaired) electrons. The van der Waals surface area contributed by atoms with Gasteiger partial charge >= 0.3 is 0 Å². The number of hydrogen-bond acceptors (Lipinski definition) is 3. The van der Waals surface area contributed by atoms with Crippen LogP contribution in [-0.2, 0) is 5.79 Å². The van der Waals surface area contributed by atoms with Gasteiger partial charge in [0.2, 0.25) is 5.79 Å². The summed E-state index contributed by atoms with van der Waals surface area (Å²) in [4.78, 5) is 5.61. The molecule has 5 nitrogen and oxygen atoms in total. The zero-order chi connectivity index (χ0) is 32.3. The maximum atomic E-state index is 5.61. The average molecular weight is 630 g/mol. The molecule has 9 aromatic rings. The Bertz CT molecular complexity index is 2800. The molecule has 0 amide bonds. The van der Waals surface area contributed by atoms with Crippen molar-refractivity contribution < 1.29 is 0 Å². The lowest BCUT2D eigenvalue weighted by molar-refractivity contribution is 0.137. The molecule has 1 saturated heterocycles. The van der Waals surface area contributed by atoms with Gasteiger partial charge in [-0.3, -0.25) is 5.01 Å². The van der Waals surface area contributed by atoms with E-state index in [9.17, 15) is 0 Å². The van der Waals surface area contributed by atoms with E-state index in [1.54, 1.807) is 0 Å². The lowest BCUT2D eigenvalue weighted by Gasteiger charge is -2.27. The molecule has 11 rings (SSSR count). The van der Waals surface area contributed by atoms with Crippen LogP contribution in [0, 0.1) is 0 Å². The summed E-state index contributed by atoms with van der Waals surface area (Å²) in [5.74, 6) is 0.283. The van der Waals surface area contributed by atoms with E-state index in [4.69, 9.17) is 4.99 Å². The SMILES string of the molecule is CC1(n2c3ccccc3c3cc4c5c6ccccc6ccc5n(-c5ccccc5)c4cc32)N=C(c2ccccc2)N2C(c3ccccc3)N21. The van der Waals surface area contributed by atoms with E-state index >= 15 is 0 Å². The first kappa shape index (κ1) is 26.9. The number of aliphatic imine (C=N–C) groups is 1. The summed E-state index contributed by atoms with van der Waals surface area (Å²) in [5.41, 5.74) is 8.26. The molecule has 5 heteroatoms. The van der Waals surface area contributed by atoms with Crippen LogP contribution >= 0.6 is 0 Å². The Hall–Kier alpha value is -6.17. The Morgan fingerprint density at radius 1 is 0.531 bits per heavy atom. The molecule has 49 heavy (non-hydrogen) atoms. The number of rotatable bonds is 4. The summed E-state index contributed by atoms with van der Waals surface area (Å²) in [7, 11) is 0. The monoisotopic (exact) mass is 629 g/mol. The number of aromatic nitrogens is 2. The van der Waals surface area contributed by atoms with E-state index < -0.39 is 5.79 Å². The molecule has 0 N–H and O–H groups in total. The second-order valence-electron chi connectivity index (χ2n) is 13.3. The van der Waals surface area contributed by atoms with Gasteiger partial charge in [-0.1, -0.05) is 127 Å². The molecule has 3 unspecified atom stereocenters. The van der Waals surface area contributed by atoms with Crippen LogP contribution in [0.2, 0.25) is 0 Å². The molecule has 0 saturated carbocycles. The third-order valence-electron chi connectivity index (χ3n) is 10.6. The Labute approximate surface area is 283 Å². The molecule has 232 valence electrons. The van der Waals surface area contributed by atoms with Crippen molar-refractivity contribution in [1.82, 2.24) is 19.2 Å². The summed E-state index contributed by atoms with van der Waals surface area (Å²) in [6, 6.07) is 59.1. The zero-order valence-electron chi connectivity index (χ0n) is 26.9. The second kappa shape index (κ2) is 9.69. The smallest absolute Gasteiger partial charge is 0.212 e. The van der Waals surface area contributed by atoms with E-state index in [0.29, 0.717) is 0 Å². The molecule has 2 aliphatic rings. The fourth-order valence-electron chi connectivity index (χ4n) is 8.53. The van der Waals surface area contributed by atoms with Crippen LogP contribution in [0.3, 0.4) is 0 Å². The number of fused-ring (bicyclic) bond motifs is 9. The first-order valence-corrected chi connectivity index (χ1v) is 16.9. The summed E-state index contributed by atoms with van der Waals surface area (Å²) in [5, 5.41) is 12.3. The maximum absolute atomic E-state index is 5.61. The van der Waals surface area contributed by atoms with E-state index in [2.05, 4.69) is 190 Å². The van der Waals surface area contributed by atoms with Gasteiger partial charge in [0.1, 0.15) is 6.17 Å². The predicted molar refractivity (Wildman–Crippen MR) is 201 cm³/mol. The van der Waals surface area contributed by atoms with Crippen LogP contribution in [-0.4, -0.2) is 25.0 Å². The molecule has 0 bridgehead atoms. The summed E-state index contributed by atoms with van der Waals surface area (Å²) >= 11 is 0. The van der Waals surface area contributed by atoms with Crippen molar-refractivity contribution in [3.63, 3.8) is 0 Å². The lowest BCUT2D eigenvalue weighted by atomic mass is 10.0. The molecule has 2 aliphatic heterocycles. The van der Waals surface area contributed by atoms with Crippen LogP contribution in [0.4, 0.5) is 0 Å². The molecule has 4 heterocycles. The Morgan fingerprint density at radius 2 is 1.20 bits per heavy atom. The number of hydrogen-bond donors (Lipinski definition) is 0. The third-order valence-corrected chi connectivity index (χ3v) is 10.6. The topological polar surface area (TPSA) is 28.2 Å². The molecule has 2 aromatic heterocycles. The first-order valence-electron chi connectivity index (χ1n) is 16.9. The van der Waals surface area contributed by atoms with Crippen molar-refractivity contribution in [3.8, 4) is 5.69 Å². The second-order valence-corrected chi connectivity index (χ2v) is 13.3. The van der Waals surface area contributed by atoms with E-state index in [1.165, 1.54) is 54.4 Å². The van der Waals surface area contributed by atoms with E-state index in [0.717, 1.165) is 22.6 Å². The minimum Gasteiger partial charge on any atom is -0.309 e. The minimum atomic E-state index is -0.711. The van der Waals surface area contributed by atoms with Crippen LogP contribution in [0.5, 0.6) is 0 Å². The number of amidine groups is 1. The molecular formula is C44H31N5. The molecule has 3 atom stereocenters. The normalized spacial score (nSPS) is 20.1. The highest BCUT2D eigenvalue weighted by Gasteiger charge is 2.64. The molecular weight excluding hydrogens is 599 g/mol. The quantitative estimate of drug-likeness (QED) is 0.181. The summed E-state index contributed by atoms with van der Waals surface area (Å²) in [6.07, 6.45) is 0.0842. The third kappa shape index (κ3) is 3.60. The lowest BCUT2D eigenvalue weighted by Crippen LogP contribution is -2.35. The van der Waals surface area contributed by atoms with Gasteiger partial charge in [0, 0.05) is 32.8 Å². The van der Waals surface area contributed by atoms with Crippen molar-refractivity contribution in [1.29, 1.82) is 0 Å². The fraction of sp³-hybridized carbons (Fsp3) is 0.0682.